The lowest BCUT2D eigenvalue weighted by atomic mass is 10.0. The van der Waals surface area contributed by atoms with Gasteiger partial charge in [0.15, 0.2) is 10.9 Å². The zero-order valence-electron chi connectivity index (χ0n) is 18.1. The molecule has 0 spiro atoms. The zero-order valence-corrected chi connectivity index (χ0v) is 18.9. The first-order chi connectivity index (χ1) is 14.8. The average Bonchev–Trinajstić information content (AvgIpc) is 2.73. The molecule has 1 heterocycles. The average molecular weight is 429 g/mol. The summed E-state index contributed by atoms with van der Waals surface area (Å²) in [5.74, 6) is 0.237. The van der Waals surface area contributed by atoms with Crippen molar-refractivity contribution >= 4 is 28.4 Å². The minimum absolute atomic E-state index is 0.0283. The molecule has 0 aliphatic heterocycles. The van der Waals surface area contributed by atoms with Crippen molar-refractivity contribution in [3.63, 3.8) is 0 Å². The molecule has 0 bridgehead atoms. The van der Waals surface area contributed by atoms with Crippen molar-refractivity contribution in [1.82, 2.24) is 9.55 Å². The summed E-state index contributed by atoms with van der Waals surface area (Å²) in [6.07, 6.45) is 0. The first kappa shape index (κ1) is 21.1. The third kappa shape index (κ3) is 4.32. The summed E-state index contributed by atoms with van der Waals surface area (Å²) in [5, 5.41) is 1.08. The molecule has 4 nitrogen and oxygen atoms in total. The Morgan fingerprint density at radius 2 is 1.61 bits per heavy atom. The Hall–Kier alpha value is -3.18. The smallest absolute Gasteiger partial charge is 0.266 e. The van der Waals surface area contributed by atoms with E-state index in [2.05, 4.69) is 6.07 Å². The fraction of sp³-hybridized carbons (Fsp3) is 0.192. The molecular weight excluding hydrogens is 404 g/mol. The summed E-state index contributed by atoms with van der Waals surface area (Å²) < 4.78 is 1.63. The van der Waals surface area contributed by atoms with E-state index in [1.807, 2.05) is 76.2 Å². The number of aromatic nitrogens is 2. The Bertz CT molecular complexity index is 1350. The number of hydrogen-bond donors (Lipinski definition) is 0. The van der Waals surface area contributed by atoms with Gasteiger partial charge in [-0.3, -0.25) is 14.2 Å². The summed E-state index contributed by atoms with van der Waals surface area (Å²) in [6, 6.07) is 19.2. The summed E-state index contributed by atoms with van der Waals surface area (Å²) >= 11 is 1.30. The van der Waals surface area contributed by atoms with Crippen LogP contribution >= 0.6 is 11.8 Å². The summed E-state index contributed by atoms with van der Waals surface area (Å²) in [5.41, 5.74) is 6.13. The molecule has 4 aromatic rings. The van der Waals surface area contributed by atoms with Crippen LogP contribution in [0.15, 0.2) is 70.6 Å². The lowest BCUT2D eigenvalue weighted by Gasteiger charge is -2.14. The number of thioether (sulfide) groups is 1. The molecule has 156 valence electrons. The largest absolute Gasteiger partial charge is 0.293 e. The standard InChI is InChI=1S/C26H24N2O2S/c1-16-9-10-19(4)22(14-16)24(29)15-31-26-27-23-8-6-5-7-21(23)25(30)28(26)20-12-17(2)11-18(3)13-20/h5-14H,15H2,1-4H3. The lowest BCUT2D eigenvalue weighted by molar-refractivity contribution is 0.102. The summed E-state index contributed by atoms with van der Waals surface area (Å²) in [4.78, 5) is 31.1. The molecule has 0 radical (unpaired) electrons. The van der Waals surface area contributed by atoms with Crippen molar-refractivity contribution < 1.29 is 4.79 Å². The van der Waals surface area contributed by atoms with Gasteiger partial charge in [0, 0.05) is 5.56 Å². The minimum Gasteiger partial charge on any atom is -0.293 e. The molecule has 0 aliphatic carbocycles. The van der Waals surface area contributed by atoms with Gasteiger partial charge in [-0.25, -0.2) is 4.98 Å². The van der Waals surface area contributed by atoms with E-state index in [0.717, 1.165) is 27.9 Å². The van der Waals surface area contributed by atoms with E-state index in [0.29, 0.717) is 21.6 Å². The minimum atomic E-state index is -0.128. The fourth-order valence-corrected chi connectivity index (χ4v) is 4.66. The number of carbonyl (C=O) groups is 1. The number of Topliss-reactive ketones (excluding diaryl/α,β-unsaturated/α-hetero) is 1. The van der Waals surface area contributed by atoms with E-state index in [1.165, 1.54) is 11.8 Å². The second-order valence-corrected chi connectivity index (χ2v) is 8.87. The summed E-state index contributed by atoms with van der Waals surface area (Å²) in [6.45, 7) is 7.93. The Morgan fingerprint density at radius 1 is 0.903 bits per heavy atom. The van der Waals surface area contributed by atoms with E-state index in [-0.39, 0.29) is 17.1 Å². The van der Waals surface area contributed by atoms with Crippen LogP contribution in [0.25, 0.3) is 16.6 Å². The predicted molar refractivity (Wildman–Crippen MR) is 128 cm³/mol. The number of ketones is 1. The number of fused-ring (bicyclic) bond motifs is 1. The first-order valence-electron chi connectivity index (χ1n) is 10.2. The number of benzene rings is 3. The first-order valence-corrected chi connectivity index (χ1v) is 11.2. The fourth-order valence-electron chi connectivity index (χ4n) is 3.76. The van der Waals surface area contributed by atoms with E-state index in [4.69, 9.17) is 4.98 Å². The maximum atomic E-state index is 13.4. The molecular formula is C26H24N2O2S. The van der Waals surface area contributed by atoms with Crippen LogP contribution in [0.3, 0.4) is 0 Å². The molecule has 0 fully saturated rings. The van der Waals surface area contributed by atoms with E-state index < -0.39 is 0 Å². The second-order valence-electron chi connectivity index (χ2n) is 7.93. The van der Waals surface area contributed by atoms with Gasteiger partial charge in [-0.05, 0) is 74.7 Å². The van der Waals surface area contributed by atoms with Crippen LogP contribution in [0.2, 0.25) is 0 Å². The van der Waals surface area contributed by atoms with Crippen LogP contribution in [-0.4, -0.2) is 21.1 Å². The van der Waals surface area contributed by atoms with Gasteiger partial charge >= 0.3 is 0 Å². The van der Waals surface area contributed by atoms with Crippen LogP contribution in [0.4, 0.5) is 0 Å². The molecule has 5 heteroatoms. The van der Waals surface area contributed by atoms with Gasteiger partial charge in [0.2, 0.25) is 0 Å². The molecule has 0 amide bonds. The number of hydrogen-bond acceptors (Lipinski definition) is 4. The molecule has 0 saturated carbocycles. The van der Waals surface area contributed by atoms with Crippen molar-refractivity contribution in [1.29, 1.82) is 0 Å². The van der Waals surface area contributed by atoms with Gasteiger partial charge < -0.3 is 0 Å². The third-order valence-electron chi connectivity index (χ3n) is 5.24. The lowest BCUT2D eigenvalue weighted by Crippen LogP contribution is -2.22. The van der Waals surface area contributed by atoms with Crippen LogP contribution < -0.4 is 5.56 Å². The van der Waals surface area contributed by atoms with Crippen molar-refractivity contribution in [2.24, 2.45) is 0 Å². The number of nitrogens with zero attached hydrogens (tertiary/aromatic N) is 2. The third-order valence-corrected chi connectivity index (χ3v) is 6.17. The van der Waals surface area contributed by atoms with Gasteiger partial charge in [-0.2, -0.15) is 0 Å². The molecule has 0 aliphatic rings. The second kappa shape index (κ2) is 8.52. The Morgan fingerprint density at radius 3 is 2.35 bits per heavy atom. The highest BCUT2D eigenvalue weighted by atomic mass is 32.2. The van der Waals surface area contributed by atoms with Crippen molar-refractivity contribution in [2.45, 2.75) is 32.9 Å². The normalized spacial score (nSPS) is 11.1. The van der Waals surface area contributed by atoms with Crippen LogP contribution in [-0.2, 0) is 0 Å². The monoisotopic (exact) mass is 428 g/mol. The maximum absolute atomic E-state index is 13.4. The summed E-state index contributed by atoms with van der Waals surface area (Å²) in [7, 11) is 0. The number of para-hydroxylation sites is 1. The van der Waals surface area contributed by atoms with Gasteiger partial charge in [0.1, 0.15) is 0 Å². The molecule has 0 atom stereocenters. The molecule has 3 aromatic carbocycles. The van der Waals surface area contributed by atoms with Gasteiger partial charge in [-0.1, -0.05) is 47.7 Å². The molecule has 31 heavy (non-hydrogen) atoms. The van der Waals surface area contributed by atoms with Crippen LogP contribution in [0, 0.1) is 27.7 Å². The topological polar surface area (TPSA) is 52.0 Å². The number of aryl methyl sites for hydroxylation is 4. The maximum Gasteiger partial charge on any atom is 0.266 e. The molecule has 0 N–H and O–H groups in total. The van der Waals surface area contributed by atoms with Crippen LogP contribution in [0.1, 0.15) is 32.6 Å². The molecule has 0 unspecified atom stereocenters. The van der Waals surface area contributed by atoms with Crippen molar-refractivity contribution in [3.05, 3.63) is 98.8 Å². The quantitative estimate of drug-likeness (QED) is 0.236. The molecule has 0 saturated heterocycles. The highest BCUT2D eigenvalue weighted by molar-refractivity contribution is 7.99. The number of carbonyl (C=O) groups excluding carboxylic acids is 1. The number of rotatable bonds is 5. The molecule has 1 aromatic heterocycles. The molecule has 4 rings (SSSR count). The van der Waals surface area contributed by atoms with Gasteiger partial charge in [0.25, 0.3) is 5.56 Å². The highest BCUT2D eigenvalue weighted by Crippen LogP contribution is 2.24. The van der Waals surface area contributed by atoms with Crippen molar-refractivity contribution in [2.75, 3.05) is 5.75 Å². The SMILES string of the molecule is Cc1cc(C)cc(-n2c(SCC(=O)c3cc(C)ccc3C)nc3ccccc3c2=O)c1. The van der Waals surface area contributed by atoms with Crippen LogP contribution in [0.5, 0.6) is 0 Å². The highest BCUT2D eigenvalue weighted by Gasteiger charge is 2.17. The van der Waals surface area contributed by atoms with E-state index in [9.17, 15) is 9.59 Å². The van der Waals surface area contributed by atoms with E-state index in [1.54, 1.807) is 10.6 Å². The van der Waals surface area contributed by atoms with Crippen molar-refractivity contribution in [3.8, 4) is 5.69 Å². The zero-order chi connectivity index (χ0) is 22.1. The Balaban J connectivity index is 1.80. The Labute approximate surface area is 186 Å². The Kier molecular flexibility index (Phi) is 5.79. The predicted octanol–water partition coefficient (Wildman–Crippen LogP) is 5.59. The van der Waals surface area contributed by atoms with Gasteiger partial charge in [0.05, 0.1) is 22.3 Å². The van der Waals surface area contributed by atoms with E-state index >= 15 is 0 Å². The van der Waals surface area contributed by atoms with Gasteiger partial charge in [-0.15, -0.1) is 0 Å².